The van der Waals surface area contributed by atoms with Gasteiger partial charge < -0.3 is 10.5 Å². The van der Waals surface area contributed by atoms with E-state index in [2.05, 4.69) is 18.7 Å². The molecule has 3 heteroatoms. The van der Waals surface area contributed by atoms with Crippen LogP contribution in [0.3, 0.4) is 0 Å². The highest BCUT2D eigenvalue weighted by molar-refractivity contribution is 5.07. The van der Waals surface area contributed by atoms with E-state index in [0.717, 1.165) is 31.0 Å². The first-order valence-electron chi connectivity index (χ1n) is 7.59. The molecule has 2 aliphatic carbocycles. The van der Waals surface area contributed by atoms with E-state index in [4.69, 9.17) is 10.5 Å². The van der Waals surface area contributed by atoms with E-state index in [9.17, 15) is 0 Å². The fraction of sp³-hybridized carbons (Fsp3) is 1.00. The Morgan fingerprint density at radius 1 is 1.28 bits per heavy atom. The summed E-state index contributed by atoms with van der Waals surface area (Å²) in [6.45, 7) is 7.37. The average molecular weight is 254 g/mol. The predicted molar refractivity (Wildman–Crippen MR) is 75.6 cm³/mol. The van der Waals surface area contributed by atoms with Crippen LogP contribution in [0.5, 0.6) is 0 Å². The summed E-state index contributed by atoms with van der Waals surface area (Å²) in [7, 11) is 1.82. The van der Waals surface area contributed by atoms with Crippen molar-refractivity contribution in [2.24, 2.45) is 17.6 Å². The second-order valence-electron chi connectivity index (χ2n) is 6.62. The quantitative estimate of drug-likeness (QED) is 0.686. The minimum atomic E-state index is 0.130. The lowest BCUT2D eigenvalue weighted by Crippen LogP contribution is -2.60. The van der Waals surface area contributed by atoms with Gasteiger partial charge in [-0.2, -0.15) is 0 Å². The van der Waals surface area contributed by atoms with Gasteiger partial charge in [-0.1, -0.05) is 13.8 Å². The van der Waals surface area contributed by atoms with Crippen LogP contribution in [-0.2, 0) is 4.74 Å². The van der Waals surface area contributed by atoms with Gasteiger partial charge in [0.1, 0.15) is 0 Å². The lowest BCUT2D eigenvalue weighted by Gasteiger charge is -2.44. The first kappa shape index (κ1) is 14.3. The molecule has 0 aromatic carbocycles. The van der Waals surface area contributed by atoms with Crippen molar-refractivity contribution in [2.75, 3.05) is 26.8 Å². The predicted octanol–water partition coefficient (Wildman–Crippen LogP) is 2.25. The molecule has 0 amide bonds. The van der Waals surface area contributed by atoms with Crippen molar-refractivity contribution >= 4 is 0 Å². The van der Waals surface area contributed by atoms with Gasteiger partial charge in [0.05, 0.1) is 12.1 Å². The Labute approximate surface area is 112 Å². The molecule has 2 fully saturated rings. The van der Waals surface area contributed by atoms with Crippen LogP contribution in [0.15, 0.2) is 0 Å². The van der Waals surface area contributed by atoms with E-state index >= 15 is 0 Å². The zero-order valence-electron chi connectivity index (χ0n) is 12.3. The third-order valence-electron chi connectivity index (χ3n) is 4.59. The van der Waals surface area contributed by atoms with Crippen LogP contribution in [0.2, 0.25) is 0 Å². The third kappa shape index (κ3) is 3.06. The van der Waals surface area contributed by atoms with Gasteiger partial charge in [0, 0.05) is 19.7 Å². The lowest BCUT2D eigenvalue weighted by molar-refractivity contribution is -0.00879. The van der Waals surface area contributed by atoms with Gasteiger partial charge in [0.25, 0.3) is 0 Å². The standard InChI is InChI=1S/C15H30N2O/c1-12(2)8-9-17(14-6-7-14)15(10-16,11-18-3)13-4-5-13/h12-14H,4-11,16H2,1-3H3. The molecule has 0 bridgehead atoms. The van der Waals surface area contributed by atoms with Crippen LogP contribution >= 0.6 is 0 Å². The molecule has 0 aromatic rings. The number of nitrogens with two attached hydrogens (primary N) is 1. The molecule has 18 heavy (non-hydrogen) atoms. The summed E-state index contributed by atoms with van der Waals surface area (Å²) in [6, 6.07) is 0.781. The largest absolute Gasteiger partial charge is 0.383 e. The topological polar surface area (TPSA) is 38.5 Å². The van der Waals surface area contributed by atoms with E-state index in [-0.39, 0.29) is 5.54 Å². The Hall–Kier alpha value is -0.120. The highest BCUT2D eigenvalue weighted by Crippen LogP contribution is 2.46. The summed E-state index contributed by atoms with van der Waals surface area (Å²) < 4.78 is 5.54. The zero-order valence-corrected chi connectivity index (χ0v) is 12.3. The Balaban J connectivity index is 2.08. The van der Waals surface area contributed by atoms with Crippen LogP contribution in [-0.4, -0.2) is 43.3 Å². The number of rotatable bonds is 9. The summed E-state index contributed by atoms with van der Waals surface area (Å²) in [5, 5.41) is 0. The second kappa shape index (κ2) is 5.89. The van der Waals surface area contributed by atoms with Crippen LogP contribution in [0.1, 0.15) is 46.0 Å². The van der Waals surface area contributed by atoms with Crippen molar-refractivity contribution in [3.05, 3.63) is 0 Å². The summed E-state index contributed by atoms with van der Waals surface area (Å²) in [6.07, 6.45) is 6.66. The van der Waals surface area contributed by atoms with E-state index in [1.54, 1.807) is 0 Å². The van der Waals surface area contributed by atoms with Gasteiger partial charge in [0.15, 0.2) is 0 Å². The maximum Gasteiger partial charge on any atom is 0.0661 e. The number of hydrogen-bond acceptors (Lipinski definition) is 3. The summed E-state index contributed by atoms with van der Waals surface area (Å²) >= 11 is 0. The number of nitrogens with zero attached hydrogens (tertiary/aromatic N) is 1. The molecule has 0 spiro atoms. The maximum absolute atomic E-state index is 6.19. The van der Waals surface area contributed by atoms with Gasteiger partial charge in [0.2, 0.25) is 0 Å². The number of ether oxygens (including phenoxy) is 1. The van der Waals surface area contributed by atoms with Gasteiger partial charge in [-0.15, -0.1) is 0 Å². The lowest BCUT2D eigenvalue weighted by atomic mass is 9.90. The molecule has 0 aromatic heterocycles. The summed E-state index contributed by atoms with van der Waals surface area (Å²) in [5.74, 6) is 1.54. The molecule has 2 aliphatic rings. The Morgan fingerprint density at radius 3 is 2.33 bits per heavy atom. The normalized spacial score (nSPS) is 23.7. The Morgan fingerprint density at radius 2 is 1.94 bits per heavy atom. The van der Waals surface area contributed by atoms with Crippen LogP contribution in [0.25, 0.3) is 0 Å². The van der Waals surface area contributed by atoms with E-state index < -0.39 is 0 Å². The van der Waals surface area contributed by atoms with Gasteiger partial charge in [-0.25, -0.2) is 0 Å². The summed E-state index contributed by atoms with van der Waals surface area (Å²) in [4.78, 5) is 2.72. The molecule has 0 radical (unpaired) electrons. The minimum Gasteiger partial charge on any atom is -0.383 e. The number of hydrogen-bond donors (Lipinski definition) is 1. The molecule has 106 valence electrons. The molecule has 1 atom stereocenters. The monoisotopic (exact) mass is 254 g/mol. The molecular weight excluding hydrogens is 224 g/mol. The fourth-order valence-electron chi connectivity index (χ4n) is 3.20. The molecule has 0 aliphatic heterocycles. The average Bonchev–Trinajstić information content (AvgIpc) is 3.16. The van der Waals surface area contributed by atoms with Crippen LogP contribution in [0.4, 0.5) is 0 Å². The highest BCUT2D eigenvalue weighted by atomic mass is 16.5. The summed E-state index contributed by atoms with van der Waals surface area (Å²) in [5.41, 5.74) is 6.32. The van der Waals surface area contributed by atoms with Crippen molar-refractivity contribution < 1.29 is 4.74 Å². The zero-order chi connectivity index (χ0) is 13.2. The van der Waals surface area contributed by atoms with Crippen molar-refractivity contribution in [2.45, 2.75) is 57.5 Å². The second-order valence-corrected chi connectivity index (χ2v) is 6.62. The number of methoxy groups -OCH3 is 1. The minimum absolute atomic E-state index is 0.130. The molecule has 2 N–H and O–H groups in total. The van der Waals surface area contributed by atoms with E-state index in [1.165, 1.54) is 38.6 Å². The van der Waals surface area contributed by atoms with Crippen molar-refractivity contribution in [3.8, 4) is 0 Å². The van der Waals surface area contributed by atoms with E-state index in [0.29, 0.717) is 0 Å². The Kier molecular flexibility index (Phi) is 4.68. The van der Waals surface area contributed by atoms with Crippen molar-refractivity contribution in [1.29, 1.82) is 0 Å². The van der Waals surface area contributed by atoms with Crippen molar-refractivity contribution in [1.82, 2.24) is 4.90 Å². The Bertz CT molecular complexity index is 261. The first-order chi connectivity index (χ1) is 8.64. The smallest absolute Gasteiger partial charge is 0.0661 e. The molecule has 1 unspecified atom stereocenters. The fourth-order valence-corrected chi connectivity index (χ4v) is 3.20. The third-order valence-corrected chi connectivity index (χ3v) is 4.59. The van der Waals surface area contributed by atoms with Gasteiger partial charge >= 0.3 is 0 Å². The first-order valence-corrected chi connectivity index (χ1v) is 7.59. The van der Waals surface area contributed by atoms with Crippen LogP contribution in [0, 0.1) is 11.8 Å². The SMILES string of the molecule is COCC(CN)(C1CC1)N(CCC(C)C)C1CC1. The molecule has 0 heterocycles. The van der Waals surface area contributed by atoms with E-state index in [1.807, 2.05) is 7.11 Å². The highest BCUT2D eigenvalue weighted by Gasteiger charge is 2.52. The van der Waals surface area contributed by atoms with Gasteiger partial charge in [-0.05, 0) is 50.5 Å². The van der Waals surface area contributed by atoms with Crippen LogP contribution < -0.4 is 5.73 Å². The maximum atomic E-state index is 6.19. The molecule has 2 saturated carbocycles. The van der Waals surface area contributed by atoms with Crippen molar-refractivity contribution in [3.63, 3.8) is 0 Å². The molecule has 0 saturated heterocycles. The molecular formula is C15H30N2O. The molecule has 2 rings (SSSR count). The molecule has 3 nitrogen and oxygen atoms in total. The van der Waals surface area contributed by atoms with Gasteiger partial charge in [-0.3, -0.25) is 4.90 Å².